The Morgan fingerprint density at radius 1 is 1.47 bits per heavy atom. The minimum Gasteiger partial charge on any atom is -0.387 e. The maximum Gasteiger partial charge on any atom is 0.216 e. The molecule has 0 aliphatic heterocycles. The van der Waals surface area contributed by atoms with E-state index in [-0.39, 0.29) is 35.5 Å². The molecule has 0 radical (unpaired) electrons. The lowest BCUT2D eigenvalue weighted by molar-refractivity contribution is 0.962. The molecule has 15 heavy (non-hydrogen) atoms. The van der Waals surface area contributed by atoms with E-state index in [0.717, 1.165) is 0 Å². The lowest BCUT2D eigenvalue weighted by Crippen LogP contribution is -2.16. The Morgan fingerprint density at radius 2 is 2.27 bits per heavy atom. The van der Waals surface area contributed by atoms with Crippen LogP contribution in [0.3, 0.4) is 0 Å². The van der Waals surface area contributed by atoms with E-state index in [1.807, 2.05) is 0 Å². The molecule has 4 nitrogen and oxygen atoms in total. The highest BCUT2D eigenvalue weighted by Gasteiger charge is 1.91. The van der Waals surface area contributed by atoms with Crippen molar-refractivity contribution in [2.75, 3.05) is 6.52 Å². The molecular weight excluding hydrogens is 188 g/mol. The number of nitrogens with two attached hydrogens (primary N) is 2. The monoisotopic (exact) mass is 209 g/mol. The first kappa shape index (κ1) is 5.90. The summed E-state index contributed by atoms with van der Waals surface area (Å²) in [5.74, 6) is -0.0576. The van der Waals surface area contributed by atoms with Crippen LogP contribution in [0.1, 0.15) is 19.3 Å². The Morgan fingerprint density at radius 3 is 3.00 bits per heavy atom. The molecular formula is C11H16N4. The average Bonchev–Trinajstić information content (AvgIpc) is 2.33. The molecule has 1 rings (SSSR count). The van der Waals surface area contributed by atoms with E-state index in [1.165, 1.54) is 19.1 Å². The van der Waals surface area contributed by atoms with Gasteiger partial charge in [0, 0.05) is 7.89 Å². The van der Waals surface area contributed by atoms with Gasteiger partial charge in [-0.05, 0) is 18.9 Å². The van der Waals surface area contributed by atoms with Crippen LogP contribution < -0.4 is 11.5 Å². The molecule has 2 atom stereocenters. The van der Waals surface area contributed by atoms with Gasteiger partial charge < -0.3 is 11.5 Å². The molecule has 4 heteroatoms. The molecule has 0 bridgehead atoms. The van der Waals surface area contributed by atoms with Gasteiger partial charge >= 0.3 is 0 Å². The first-order valence-corrected chi connectivity index (χ1v) is 4.29. The van der Waals surface area contributed by atoms with Crippen LogP contribution in [0.4, 0.5) is 0 Å². The maximum absolute atomic E-state index is 7.92. The van der Waals surface area contributed by atoms with Crippen LogP contribution in [0.15, 0.2) is 40.2 Å². The van der Waals surface area contributed by atoms with Gasteiger partial charge in [-0.1, -0.05) is 30.3 Å². The van der Waals surface area contributed by atoms with E-state index in [2.05, 4.69) is 9.98 Å². The van der Waals surface area contributed by atoms with E-state index in [9.17, 15) is 0 Å². The van der Waals surface area contributed by atoms with E-state index >= 15 is 0 Å². The fourth-order valence-electron chi connectivity index (χ4n) is 0.816. The molecule has 4 N–H and O–H groups in total. The van der Waals surface area contributed by atoms with E-state index in [4.69, 9.17) is 18.3 Å². The summed E-state index contributed by atoms with van der Waals surface area (Å²) in [6, 6.07) is 2.20. The summed E-state index contributed by atoms with van der Waals surface area (Å²) in [6.07, 6.45) is -1.30. The molecule has 0 spiro atoms. The van der Waals surface area contributed by atoms with Crippen molar-refractivity contribution < 1.29 is 6.85 Å². The number of amidine groups is 1. The van der Waals surface area contributed by atoms with Gasteiger partial charge in [-0.15, -0.1) is 0 Å². The van der Waals surface area contributed by atoms with Crippen molar-refractivity contribution in [3.8, 4) is 0 Å². The molecule has 0 amide bonds. The first-order chi connectivity index (χ1) is 9.23. The molecule has 2 unspecified atom stereocenters. The zero-order valence-corrected chi connectivity index (χ0v) is 8.36. The quantitative estimate of drug-likeness (QED) is 0.573. The predicted octanol–water partition coefficient (Wildman–Crippen LogP) is 0.921. The summed E-state index contributed by atoms with van der Waals surface area (Å²) < 4.78 is 38.6. The number of aliphatic imine (C=N–C) groups is 2. The topological polar surface area (TPSA) is 76.8 Å². The van der Waals surface area contributed by atoms with Gasteiger partial charge in [0.1, 0.15) is 0 Å². The highest BCUT2D eigenvalue weighted by molar-refractivity contribution is 5.93. The van der Waals surface area contributed by atoms with Crippen LogP contribution in [0, 0.1) is 0 Å². The lowest BCUT2D eigenvalue weighted by Gasteiger charge is -1.97. The third-order valence-electron chi connectivity index (χ3n) is 1.35. The smallest absolute Gasteiger partial charge is 0.216 e. The van der Waals surface area contributed by atoms with Crippen molar-refractivity contribution in [3.63, 3.8) is 0 Å². The third kappa shape index (κ3) is 4.81. The predicted molar refractivity (Wildman–Crippen MR) is 63.9 cm³/mol. The van der Waals surface area contributed by atoms with Crippen LogP contribution in [-0.4, -0.2) is 18.3 Å². The van der Waals surface area contributed by atoms with Gasteiger partial charge in [-0.2, -0.15) is 0 Å². The normalized spacial score (nSPS) is 21.8. The zero-order chi connectivity index (χ0) is 15.4. The van der Waals surface area contributed by atoms with E-state index < -0.39 is 12.9 Å². The van der Waals surface area contributed by atoms with Gasteiger partial charge in [0.2, 0.25) is 5.96 Å². The molecule has 1 aromatic carbocycles. The fraction of sp³-hybridized carbons (Fsp3) is 0.273. The number of hydrogen-bond donors (Lipinski definition) is 2. The molecule has 0 saturated heterocycles. The van der Waals surface area contributed by atoms with Crippen LogP contribution >= 0.6 is 0 Å². The molecule has 0 fully saturated rings. The van der Waals surface area contributed by atoms with Crippen molar-refractivity contribution in [2.45, 2.75) is 13.3 Å². The molecule has 0 saturated carbocycles. The number of hydrogen-bond acceptors (Lipinski definition) is 1. The van der Waals surface area contributed by atoms with E-state index in [0.29, 0.717) is 0 Å². The SMILES string of the molecule is [2H]c1ccc([2H])c(C([2H])C([2H])N=C(N)N=C(C)N)c1[2H]. The minimum absolute atomic E-state index is 0.0255. The number of nitrogens with zero attached hydrogens (tertiary/aromatic N) is 2. The summed E-state index contributed by atoms with van der Waals surface area (Å²) >= 11 is 0. The van der Waals surface area contributed by atoms with Crippen molar-refractivity contribution >= 4 is 11.8 Å². The van der Waals surface area contributed by atoms with Gasteiger partial charge in [-0.3, -0.25) is 4.99 Å². The summed E-state index contributed by atoms with van der Waals surface area (Å²) in [6.45, 7) is 0.153. The first-order valence-electron chi connectivity index (χ1n) is 6.94. The largest absolute Gasteiger partial charge is 0.387 e. The molecule has 0 heterocycles. The Kier molecular flexibility index (Phi) is 2.28. The molecule has 80 valence electrons. The lowest BCUT2D eigenvalue weighted by atomic mass is 10.2. The summed E-state index contributed by atoms with van der Waals surface area (Å²) in [5, 5.41) is 0. The second-order valence-corrected chi connectivity index (χ2v) is 2.72. The Labute approximate surface area is 96.8 Å². The zero-order valence-electron chi connectivity index (χ0n) is 13.4. The van der Waals surface area contributed by atoms with Crippen LogP contribution in [0.5, 0.6) is 0 Å². The fourth-order valence-corrected chi connectivity index (χ4v) is 0.816. The van der Waals surface area contributed by atoms with Gasteiger partial charge in [0.05, 0.1) is 11.3 Å². The Bertz CT molecular complexity index is 554. The second kappa shape index (κ2) is 5.80. The number of benzene rings is 1. The van der Waals surface area contributed by atoms with Crippen LogP contribution in [-0.2, 0) is 6.40 Å². The van der Waals surface area contributed by atoms with E-state index in [1.54, 1.807) is 0 Å². The van der Waals surface area contributed by atoms with Crippen molar-refractivity contribution in [1.82, 2.24) is 0 Å². The van der Waals surface area contributed by atoms with Gasteiger partial charge in [0.25, 0.3) is 0 Å². The summed E-state index contributed by atoms with van der Waals surface area (Å²) in [5.41, 5.74) is 10.7. The minimum atomic E-state index is -1.35. The second-order valence-electron chi connectivity index (χ2n) is 2.72. The van der Waals surface area contributed by atoms with Gasteiger partial charge in [0.15, 0.2) is 0 Å². The number of guanidine groups is 1. The highest BCUT2D eigenvalue weighted by Crippen LogP contribution is 1.99. The standard InChI is InChI=1S/C11H16N4/c1-9(12)15-11(13)14-8-7-10-5-3-2-4-6-10/h2-6H,7-8H2,1H3,(H4,12,13,14,15)/i3D,5D,6D,7D,8D. The van der Waals surface area contributed by atoms with Gasteiger partial charge in [-0.25, -0.2) is 4.99 Å². The van der Waals surface area contributed by atoms with Crippen LogP contribution in [0.25, 0.3) is 0 Å². The number of rotatable bonds is 3. The molecule has 1 aromatic rings. The maximum atomic E-state index is 7.92. The van der Waals surface area contributed by atoms with Crippen molar-refractivity contribution in [3.05, 3.63) is 35.8 Å². The molecule has 0 aliphatic carbocycles. The molecule has 0 aliphatic rings. The third-order valence-corrected chi connectivity index (χ3v) is 1.35. The van der Waals surface area contributed by atoms with Crippen LogP contribution in [0.2, 0.25) is 0 Å². The van der Waals surface area contributed by atoms with Crippen molar-refractivity contribution in [2.24, 2.45) is 21.5 Å². The average molecular weight is 209 g/mol. The molecule has 0 aromatic heterocycles. The Hall–Kier alpha value is -1.84. The van der Waals surface area contributed by atoms with Crippen molar-refractivity contribution in [1.29, 1.82) is 0 Å². The summed E-state index contributed by atoms with van der Waals surface area (Å²) in [4.78, 5) is 7.33. The Balaban J connectivity index is 3.10. The summed E-state index contributed by atoms with van der Waals surface area (Å²) in [7, 11) is 0. The highest BCUT2D eigenvalue weighted by atomic mass is 15.1.